The van der Waals surface area contributed by atoms with Crippen molar-refractivity contribution in [1.29, 1.82) is 0 Å². The maximum atomic E-state index is 5.55. The van der Waals surface area contributed by atoms with Crippen LogP contribution in [0.25, 0.3) is 0 Å². The molecule has 2 N–H and O–H groups in total. The van der Waals surface area contributed by atoms with Gasteiger partial charge in [-0.2, -0.15) is 0 Å². The molecule has 1 unspecified atom stereocenters. The van der Waals surface area contributed by atoms with Crippen LogP contribution < -0.4 is 5.73 Å². The number of hydrogen-bond donors (Lipinski definition) is 1. The van der Waals surface area contributed by atoms with Crippen molar-refractivity contribution in [3.8, 4) is 0 Å². The quantitative estimate of drug-likeness (QED) is 0.482. The van der Waals surface area contributed by atoms with Gasteiger partial charge in [0.15, 0.2) is 0 Å². The van der Waals surface area contributed by atoms with Gasteiger partial charge in [-0.25, -0.2) is 0 Å². The average Bonchev–Trinajstić information content (AvgIpc) is 1.65. The molecule has 0 aromatic rings. The van der Waals surface area contributed by atoms with E-state index in [0.717, 1.165) is 0 Å². The smallest absolute Gasteiger partial charge is 0.123 e. The van der Waals surface area contributed by atoms with Crippen molar-refractivity contribution in [2.24, 2.45) is 11.7 Å². The molecule has 2 atom stereocenters. The fourth-order valence-electron chi connectivity index (χ4n) is 0.372. The fraction of sp³-hybridized carbons (Fsp3) is 1.00. The van der Waals surface area contributed by atoms with Gasteiger partial charge >= 0.3 is 0 Å². The summed E-state index contributed by atoms with van der Waals surface area (Å²) in [5.74, 6) is 1.05. The fourth-order valence-corrected chi connectivity index (χ4v) is 0.372. The molecule has 2 heteroatoms. The molecule has 0 fully saturated rings. The van der Waals surface area contributed by atoms with E-state index in [0.29, 0.717) is 11.9 Å². The van der Waals surface area contributed by atoms with E-state index in [1.54, 1.807) is 0 Å². The molecule has 0 aliphatic carbocycles. The molecule has 0 aromatic carbocycles. The normalized spacial score (nSPS) is 18.7. The molecule has 0 heterocycles. The highest BCUT2D eigenvalue weighted by molar-refractivity contribution is 6.11. The summed E-state index contributed by atoms with van der Waals surface area (Å²) in [6.45, 7) is 4.33. The lowest BCUT2D eigenvalue weighted by molar-refractivity contribution is 0.537. The van der Waals surface area contributed by atoms with E-state index in [1.807, 2.05) is 7.85 Å². The average molecular weight is 99.0 g/mol. The van der Waals surface area contributed by atoms with Crippen LogP contribution in [0.5, 0.6) is 0 Å². The molecule has 0 radical (unpaired) electrons. The van der Waals surface area contributed by atoms with Crippen molar-refractivity contribution < 1.29 is 0 Å². The Morgan fingerprint density at radius 2 is 2.14 bits per heavy atom. The van der Waals surface area contributed by atoms with Crippen LogP contribution in [-0.2, 0) is 0 Å². The Balaban J connectivity index is 3.14. The van der Waals surface area contributed by atoms with Gasteiger partial charge in [0.2, 0.25) is 0 Å². The Morgan fingerprint density at radius 1 is 1.71 bits per heavy atom. The minimum Gasteiger partial charge on any atom is -0.335 e. The van der Waals surface area contributed by atoms with Gasteiger partial charge in [-0.15, -0.1) is 0 Å². The van der Waals surface area contributed by atoms with Crippen LogP contribution in [-0.4, -0.2) is 13.8 Å². The predicted molar refractivity (Wildman–Crippen MR) is 36.0 cm³/mol. The second-order valence-corrected chi connectivity index (χ2v) is 2.24. The maximum absolute atomic E-state index is 5.55. The lowest BCUT2D eigenvalue weighted by Crippen LogP contribution is -2.27. The van der Waals surface area contributed by atoms with Gasteiger partial charge in [-0.05, 0) is 11.9 Å². The third-order valence-electron chi connectivity index (χ3n) is 1.54. The second kappa shape index (κ2) is 3.08. The molecule has 0 saturated heterocycles. The Bertz CT molecular complexity index is 45.3. The number of nitrogens with two attached hydrogens (primary N) is 1. The third kappa shape index (κ3) is 2.69. The van der Waals surface area contributed by atoms with Gasteiger partial charge in [0.05, 0.1) is 0 Å². The van der Waals surface area contributed by atoms with E-state index >= 15 is 0 Å². The van der Waals surface area contributed by atoms with E-state index in [2.05, 4.69) is 13.8 Å². The molecule has 1 nitrogen and oxygen atoms in total. The Kier molecular flexibility index (Phi) is 3.09. The molecule has 7 heavy (non-hydrogen) atoms. The molecule has 0 amide bonds. The lowest BCUT2D eigenvalue weighted by Gasteiger charge is -2.10. The molecule has 0 bridgehead atoms. The van der Waals surface area contributed by atoms with Gasteiger partial charge in [-0.1, -0.05) is 20.3 Å². The van der Waals surface area contributed by atoms with E-state index < -0.39 is 0 Å². The summed E-state index contributed by atoms with van der Waals surface area (Å²) in [6, 6.07) is 0. The summed E-state index contributed by atoms with van der Waals surface area (Å²) < 4.78 is 0. The first kappa shape index (κ1) is 7.02. The first-order valence-corrected chi connectivity index (χ1v) is 2.94. The van der Waals surface area contributed by atoms with Crippen LogP contribution in [0.15, 0.2) is 0 Å². The molecule has 0 saturated carbocycles. The van der Waals surface area contributed by atoms with Crippen LogP contribution in [0.4, 0.5) is 0 Å². The maximum Gasteiger partial charge on any atom is 0.123 e. The summed E-state index contributed by atoms with van der Waals surface area (Å²) in [6.07, 6.45) is 1.19. The summed E-state index contributed by atoms with van der Waals surface area (Å²) in [4.78, 5) is 0. The molecule has 0 spiro atoms. The van der Waals surface area contributed by atoms with E-state index in [1.165, 1.54) is 6.42 Å². The van der Waals surface area contributed by atoms with E-state index in [-0.39, 0.29) is 0 Å². The van der Waals surface area contributed by atoms with Gasteiger partial charge < -0.3 is 5.73 Å². The minimum absolute atomic E-state index is 0.366. The molecule has 0 aliphatic rings. The first-order chi connectivity index (χ1) is 3.18. The van der Waals surface area contributed by atoms with Crippen molar-refractivity contribution in [2.75, 3.05) is 0 Å². The van der Waals surface area contributed by atoms with Crippen molar-refractivity contribution >= 4 is 7.85 Å². The van der Waals surface area contributed by atoms with E-state index in [4.69, 9.17) is 5.73 Å². The minimum atomic E-state index is 0.366. The Morgan fingerprint density at radius 3 is 2.14 bits per heavy atom. The molecule has 0 aromatic heterocycles. The molecule has 42 valence electrons. The van der Waals surface area contributed by atoms with Crippen LogP contribution in [0.1, 0.15) is 20.3 Å². The van der Waals surface area contributed by atoms with Gasteiger partial charge in [0.25, 0.3) is 0 Å². The highest BCUT2D eigenvalue weighted by atomic mass is 14.6. The third-order valence-corrected chi connectivity index (χ3v) is 1.54. The largest absolute Gasteiger partial charge is 0.335 e. The van der Waals surface area contributed by atoms with Crippen LogP contribution in [0.3, 0.4) is 0 Å². The lowest BCUT2D eigenvalue weighted by atomic mass is 9.84. The number of hydrogen-bond acceptors (Lipinski definition) is 1. The van der Waals surface area contributed by atoms with Crippen molar-refractivity contribution in [3.05, 3.63) is 0 Å². The standard InChI is InChI=1S/C5H14BN/c1-3-4(2)5(6)7/h4-5H,3,6-7H2,1-2H3/t4?,5-/m0/s1. The Labute approximate surface area is 46.7 Å². The first-order valence-electron chi connectivity index (χ1n) is 2.94. The summed E-state index contributed by atoms with van der Waals surface area (Å²) in [5.41, 5.74) is 5.55. The highest BCUT2D eigenvalue weighted by Crippen LogP contribution is 2.00. The van der Waals surface area contributed by atoms with Gasteiger partial charge in [0, 0.05) is 0 Å². The molecule has 0 rings (SSSR count). The summed E-state index contributed by atoms with van der Waals surface area (Å²) in [7, 11) is 2.05. The zero-order chi connectivity index (χ0) is 5.86. The molecular formula is C5H14BN. The highest BCUT2D eigenvalue weighted by Gasteiger charge is 2.01. The Hall–Kier alpha value is 0.0249. The zero-order valence-electron chi connectivity index (χ0n) is 5.44. The van der Waals surface area contributed by atoms with Crippen LogP contribution >= 0.6 is 0 Å². The van der Waals surface area contributed by atoms with Crippen molar-refractivity contribution in [2.45, 2.75) is 26.2 Å². The van der Waals surface area contributed by atoms with Crippen LogP contribution in [0.2, 0.25) is 0 Å². The van der Waals surface area contributed by atoms with Gasteiger partial charge in [-0.3, -0.25) is 0 Å². The van der Waals surface area contributed by atoms with Crippen molar-refractivity contribution in [3.63, 3.8) is 0 Å². The van der Waals surface area contributed by atoms with Crippen molar-refractivity contribution in [1.82, 2.24) is 0 Å². The summed E-state index contributed by atoms with van der Waals surface area (Å²) in [5, 5.41) is 0. The number of rotatable bonds is 2. The molecular weight excluding hydrogens is 84.9 g/mol. The van der Waals surface area contributed by atoms with Crippen LogP contribution in [0, 0.1) is 5.92 Å². The topological polar surface area (TPSA) is 26.0 Å². The monoisotopic (exact) mass is 99.1 g/mol. The van der Waals surface area contributed by atoms with E-state index in [9.17, 15) is 0 Å². The van der Waals surface area contributed by atoms with Gasteiger partial charge in [0.1, 0.15) is 7.85 Å². The zero-order valence-corrected chi connectivity index (χ0v) is 5.44. The molecule has 0 aliphatic heterocycles. The predicted octanol–water partition coefficient (Wildman–Crippen LogP) is -0.0496. The second-order valence-electron chi connectivity index (χ2n) is 2.24. The summed E-state index contributed by atoms with van der Waals surface area (Å²) >= 11 is 0. The SMILES string of the molecule is B[C@@H](N)C(C)CC.